The van der Waals surface area contributed by atoms with E-state index in [1.54, 1.807) is 45.0 Å². The van der Waals surface area contributed by atoms with Crippen LogP contribution in [0, 0.1) is 5.82 Å². The van der Waals surface area contributed by atoms with Crippen LogP contribution < -0.4 is 9.44 Å². The largest absolute Gasteiger partial charge is 0.298 e. The fourth-order valence-corrected chi connectivity index (χ4v) is 6.15. The molecular weight excluding hydrogens is 503 g/mol. The molecule has 192 valence electrons. The molecule has 0 fully saturated rings. The van der Waals surface area contributed by atoms with Gasteiger partial charge in [0.15, 0.2) is 5.78 Å². The Morgan fingerprint density at radius 2 is 1.31 bits per heavy atom. The molecule has 0 saturated carbocycles. The topological polar surface area (TPSA) is 109 Å². The number of hydrogen-bond donors (Lipinski definition) is 2. The van der Waals surface area contributed by atoms with Crippen LogP contribution in [0.2, 0.25) is 0 Å². The van der Waals surface area contributed by atoms with Crippen molar-refractivity contribution >= 4 is 25.8 Å². The predicted octanol–water partition coefficient (Wildman–Crippen LogP) is 3.60. The number of Topliss-reactive ketones (excluding diaryl/α,β-unsaturated/α-hetero) is 1. The molecule has 0 aliphatic rings. The van der Waals surface area contributed by atoms with E-state index in [0.717, 1.165) is 29.8 Å². The van der Waals surface area contributed by atoms with E-state index < -0.39 is 43.2 Å². The summed E-state index contributed by atoms with van der Waals surface area (Å²) in [6.07, 6.45) is -0.00146. The maximum Gasteiger partial charge on any atom is 0.241 e. The molecule has 0 unspecified atom stereocenters. The van der Waals surface area contributed by atoms with Crippen LogP contribution in [0.3, 0.4) is 0 Å². The number of halogens is 1. The van der Waals surface area contributed by atoms with Crippen molar-refractivity contribution in [1.82, 2.24) is 9.44 Å². The predicted molar refractivity (Wildman–Crippen MR) is 136 cm³/mol. The molecule has 0 amide bonds. The van der Waals surface area contributed by atoms with Gasteiger partial charge in [-0.1, -0.05) is 42.5 Å². The number of benzene rings is 3. The van der Waals surface area contributed by atoms with Crippen molar-refractivity contribution in [3.8, 4) is 0 Å². The van der Waals surface area contributed by atoms with E-state index in [1.807, 2.05) is 6.07 Å². The van der Waals surface area contributed by atoms with Crippen molar-refractivity contribution in [3.63, 3.8) is 0 Å². The number of hydrogen-bond acceptors (Lipinski definition) is 5. The molecule has 0 bridgehead atoms. The Bertz CT molecular complexity index is 1400. The Kier molecular flexibility index (Phi) is 8.45. The number of ketones is 1. The van der Waals surface area contributed by atoms with E-state index in [4.69, 9.17) is 0 Å². The van der Waals surface area contributed by atoms with Crippen molar-refractivity contribution in [2.75, 3.05) is 0 Å². The third-order valence-electron chi connectivity index (χ3n) is 5.15. The summed E-state index contributed by atoms with van der Waals surface area (Å²) in [5.41, 5.74) is 0.640. The van der Waals surface area contributed by atoms with Gasteiger partial charge in [0.1, 0.15) is 5.82 Å². The molecule has 0 aromatic heterocycles. The van der Waals surface area contributed by atoms with E-state index in [9.17, 15) is 26.0 Å². The Balaban J connectivity index is 1.82. The summed E-state index contributed by atoms with van der Waals surface area (Å²) in [7, 11) is -7.83. The highest BCUT2D eigenvalue weighted by molar-refractivity contribution is 7.89. The Hall–Kier alpha value is -2.92. The van der Waals surface area contributed by atoms with Crippen LogP contribution in [0.15, 0.2) is 88.7 Å². The molecule has 0 saturated heterocycles. The van der Waals surface area contributed by atoms with Gasteiger partial charge in [-0.3, -0.25) is 4.79 Å². The van der Waals surface area contributed by atoms with E-state index >= 15 is 0 Å². The van der Waals surface area contributed by atoms with E-state index in [-0.39, 0.29) is 22.6 Å². The second kappa shape index (κ2) is 11.0. The van der Waals surface area contributed by atoms with Crippen molar-refractivity contribution < 1.29 is 26.0 Å². The molecule has 0 spiro atoms. The van der Waals surface area contributed by atoms with Crippen molar-refractivity contribution in [1.29, 1.82) is 0 Å². The first-order valence-corrected chi connectivity index (χ1v) is 14.2. The van der Waals surface area contributed by atoms with Gasteiger partial charge in [-0.25, -0.2) is 30.7 Å². The summed E-state index contributed by atoms with van der Waals surface area (Å²) in [5.74, 6) is -0.970. The highest BCUT2D eigenvalue weighted by Crippen LogP contribution is 2.17. The van der Waals surface area contributed by atoms with Crippen LogP contribution >= 0.6 is 0 Å². The maximum atomic E-state index is 13.3. The fourth-order valence-electron chi connectivity index (χ4n) is 3.51. The monoisotopic (exact) mass is 532 g/mol. The lowest BCUT2D eigenvalue weighted by molar-refractivity contribution is -0.120. The molecule has 3 aromatic rings. The minimum atomic E-state index is -4.10. The molecule has 10 heteroatoms. The zero-order valence-corrected chi connectivity index (χ0v) is 21.9. The second-order valence-corrected chi connectivity index (χ2v) is 12.9. The van der Waals surface area contributed by atoms with Crippen LogP contribution in [-0.4, -0.2) is 34.2 Å². The van der Waals surface area contributed by atoms with Crippen LogP contribution in [0.4, 0.5) is 4.39 Å². The maximum absolute atomic E-state index is 13.3. The van der Waals surface area contributed by atoms with Gasteiger partial charge in [0, 0.05) is 12.0 Å². The van der Waals surface area contributed by atoms with Crippen LogP contribution in [0.5, 0.6) is 0 Å². The highest BCUT2D eigenvalue weighted by Gasteiger charge is 2.27. The molecule has 0 aliphatic carbocycles. The van der Waals surface area contributed by atoms with Gasteiger partial charge in [-0.2, -0.15) is 0 Å². The minimum absolute atomic E-state index is 0.0615. The summed E-state index contributed by atoms with van der Waals surface area (Å²) in [6.45, 7) is 5.20. The molecule has 3 rings (SSSR count). The number of carbonyl (C=O) groups excluding carboxylic acids is 1. The van der Waals surface area contributed by atoms with Crippen LogP contribution in [0.1, 0.15) is 31.9 Å². The first-order valence-electron chi connectivity index (χ1n) is 11.2. The smallest absolute Gasteiger partial charge is 0.241 e. The van der Waals surface area contributed by atoms with E-state index in [0.29, 0.717) is 5.56 Å². The normalized spacial score (nSPS) is 13.3. The lowest BCUT2D eigenvalue weighted by Gasteiger charge is -2.20. The highest BCUT2D eigenvalue weighted by atomic mass is 32.2. The summed E-state index contributed by atoms with van der Waals surface area (Å²) < 4.78 is 69.2. The third kappa shape index (κ3) is 7.79. The first-order chi connectivity index (χ1) is 16.7. The molecule has 0 aliphatic heterocycles. The average molecular weight is 533 g/mol. The fraction of sp³-hybridized carbons (Fsp3) is 0.269. The van der Waals surface area contributed by atoms with Gasteiger partial charge in [0.2, 0.25) is 20.0 Å². The summed E-state index contributed by atoms with van der Waals surface area (Å²) in [4.78, 5) is 13.1. The zero-order valence-electron chi connectivity index (χ0n) is 20.2. The van der Waals surface area contributed by atoms with Crippen LogP contribution in [0.25, 0.3) is 0 Å². The molecule has 7 nitrogen and oxygen atoms in total. The lowest BCUT2D eigenvalue weighted by Crippen LogP contribution is -2.43. The van der Waals surface area contributed by atoms with Gasteiger partial charge in [-0.15, -0.1) is 0 Å². The van der Waals surface area contributed by atoms with Crippen molar-refractivity contribution in [2.24, 2.45) is 0 Å². The first kappa shape index (κ1) is 27.7. The van der Waals surface area contributed by atoms with Gasteiger partial charge in [0.25, 0.3) is 0 Å². The molecule has 2 N–H and O–H groups in total. The Labute approximate surface area is 211 Å². The van der Waals surface area contributed by atoms with Gasteiger partial charge < -0.3 is 0 Å². The summed E-state index contributed by atoms with van der Waals surface area (Å²) in [6, 6.07) is 18.1. The Morgan fingerprint density at radius 3 is 1.86 bits per heavy atom. The van der Waals surface area contributed by atoms with Crippen molar-refractivity contribution in [2.45, 2.75) is 55.0 Å². The average Bonchev–Trinajstić information content (AvgIpc) is 2.78. The SMILES string of the molecule is CC(C)(C)NS(=O)(=O)c1ccc(CC(=O)[C@H](Cc2ccccc2)NS(=O)(=O)c2ccc(F)cc2)cc1. The molecule has 36 heavy (non-hydrogen) atoms. The van der Waals surface area contributed by atoms with E-state index in [2.05, 4.69) is 9.44 Å². The number of rotatable bonds is 10. The van der Waals surface area contributed by atoms with Crippen LogP contribution in [-0.2, 0) is 37.7 Å². The number of carbonyl (C=O) groups is 1. The standard InChI is InChI=1S/C26H29FN2O5S2/c1-26(2,3)29-36(33,34)23-13-9-20(10-14-23)18-25(30)24(17-19-7-5-4-6-8-19)28-35(31,32)22-15-11-21(27)12-16-22/h4-16,24,28-29H,17-18H2,1-3H3/t24-/m0/s1. The molecule has 0 heterocycles. The molecule has 3 aromatic carbocycles. The summed E-state index contributed by atoms with van der Waals surface area (Å²) >= 11 is 0. The van der Waals surface area contributed by atoms with E-state index in [1.165, 1.54) is 24.3 Å². The Morgan fingerprint density at radius 1 is 0.778 bits per heavy atom. The zero-order chi connectivity index (χ0) is 26.6. The minimum Gasteiger partial charge on any atom is -0.298 e. The molecule has 1 atom stereocenters. The molecule has 0 radical (unpaired) electrons. The molecular formula is C26H29FN2O5S2. The summed E-state index contributed by atoms with van der Waals surface area (Å²) in [5, 5.41) is 0. The van der Waals surface area contributed by atoms with Gasteiger partial charge in [-0.05, 0) is 74.7 Å². The number of sulfonamides is 2. The van der Waals surface area contributed by atoms with Crippen molar-refractivity contribution in [3.05, 3.63) is 95.8 Å². The third-order valence-corrected chi connectivity index (χ3v) is 8.41. The van der Waals surface area contributed by atoms with Gasteiger partial charge >= 0.3 is 0 Å². The quantitative estimate of drug-likeness (QED) is 0.415. The second-order valence-electron chi connectivity index (χ2n) is 9.46. The van der Waals surface area contributed by atoms with Gasteiger partial charge in [0.05, 0.1) is 15.8 Å². The lowest BCUT2D eigenvalue weighted by atomic mass is 9.98. The number of nitrogens with one attached hydrogen (secondary N) is 2.